The quantitative estimate of drug-likeness (QED) is 0.416. The highest BCUT2D eigenvalue weighted by molar-refractivity contribution is 6.01. The normalized spacial score (nSPS) is 15.0. The van der Waals surface area contributed by atoms with E-state index in [1.54, 1.807) is 30.9 Å². The number of benzene rings is 1. The number of anilines is 1. The van der Waals surface area contributed by atoms with E-state index in [-0.39, 0.29) is 17.7 Å². The third-order valence-electron chi connectivity index (χ3n) is 7.16. The summed E-state index contributed by atoms with van der Waals surface area (Å²) >= 11 is 0. The summed E-state index contributed by atoms with van der Waals surface area (Å²) in [7, 11) is 1.79. The summed E-state index contributed by atoms with van der Waals surface area (Å²) in [4.78, 5) is 26.4. The van der Waals surface area contributed by atoms with E-state index in [2.05, 4.69) is 15.7 Å². The summed E-state index contributed by atoms with van der Waals surface area (Å²) in [5.41, 5.74) is 5.32. The number of rotatable bonds is 6. The summed E-state index contributed by atoms with van der Waals surface area (Å²) < 4.78 is 2.51. The molecule has 1 aliphatic rings. The zero-order chi connectivity index (χ0) is 25.1. The van der Waals surface area contributed by atoms with Crippen molar-refractivity contribution in [3.8, 4) is 11.1 Å². The highest BCUT2D eigenvalue weighted by atomic mass is 16.5. The first-order valence-corrected chi connectivity index (χ1v) is 12.2. The minimum atomic E-state index is -0.625. The van der Waals surface area contributed by atoms with Crippen LogP contribution in [0.3, 0.4) is 0 Å². The van der Waals surface area contributed by atoms with Crippen LogP contribution in [0.1, 0.15) is 59.4 Å². The van der Waals surface area contributed by atoms with Gasteiger partial charge in [0.15, 0.2) is 11.9 Å². The van der Waals surface area contributed by atoms with Crippen LogP contribution in [0.25, 0.3) is 11.1 Å². The van der Waals surface area contributed by atoms with E-state index in [1.165, 1.54) is 6.20 Å². The number of hydrogen-bond acceptors (Lipinski definition) is 4. The molecule has 3 aromatic rings. The van der Waals surface area contributed by atoms with Crippen molar-refractivity contribution in [2.45, 2.75) is 58.9 Å². The molecule has 4 rings (SSSR count). The monoisotopic (exact) mass is 475 g/mol. The fourth-order valence-corrected chi connectivity index (χ4v) is 4.95. The minimum Gasteiger partial charge on any atom is -0.618 e. The molecule has 1 atom stereocenters. The Labute approximate surface area is 205 Å². The fourth-order valence-electron chi connectivity index (χ4n) is 4.95. The fraction of sp³-hybridized carbons (Fsp3) is 0.407. The van der Waals surface area contributed by atoms with Gasteiger partial charge in [0.05, 0.1) is 17.3 Å². The topological polar surface area (TPSA) is 103 Å². The summed E-state index contributed by atoms with van der Waals surface area (Å²) in [6.07, 6.45) is 8.13. The molecule has 0 spiro atoms. The predicted molar refractivity (Wildman–Crippen MR) is 135 cm³/mol. The predicted octanol–water partition coefficient (Wildman–Crippen LogP) is 3.96. The highest BCUT2D eigenvalue weighted by Crippen LogP contribution is 2.29. The van der Waals surface area contributed by atoms with Crippen molar-refractivity contribution in [2.24, 2.45) is 13.0 Å². The number of aryl methyl sites for hydroxylation is 2. The Bertz CT molecular complexity index is 1230. The molecule has 0 unspecified atom stereocenters. The van der Waals surface area contributed by atoms with Gasteiger partial charge >= 0.3 is 0 Å². The van der Waals surface area contributed by atoms with Crippen LogP contribution in [0, 0.1) is 31.9 Å². The second-order valence-electron chi connectivity index (χ2n) is 9.47. The lowest BCUT2D eigenvalue weighted by Crippen LogP contribution is -2.49. The van der Waals surface area contributed by atoms with E-state index < -0.39 is 6.04 Å². The summed E-state index contributed by atoms with van der Waals surface area (Å²) in [6, 6.07) is 8.64. The standard InChI is InChI=1S/C27H33N5O3/c1-17-14-15-32(35)19(3)24(17)20-10-12-22(13-11-20)29-27(34)25(21-8-6-5-7-9-21)30-26(33)23-16-28-31(4)18(23)2/h10-16,21,25H,5-9H2,1-4H3,(H,29,34)(H,30,33)/t25-/m1/s1. The number of nitrogens with one attached hydrogen (secondary N) is 2. The third-order valence-corrected chi connectivity index (χ3v) is 7.16. The van der Waals surface area contributed by atoms with Crippen molar-refractivity contribution in [3.63, 3.8) is 0 Å². The molecule has 1 aliphatic carbocycles. The first-order valence-electron chi connectivity index (χ1n) is 12.2. The van der Waals surface area contributed by atoms with Crippen molar-refractivity contribution < 1.29 is 14.3 Å². The van der Waals surface area contributed by atoms with Gasteiger partial charge < -0.3 is 15.8 Å². The lowest BCUT2D eigenvalue weighted by molar-refractivity contribution is -0.611. The van der Waals surface area contributed by atoms with E-state index in [9.17, 15) is 14.8 Å². The molecule has 2 heterocycles. The Kier molecular flexibility index (Phi) is 7.19. The van der Waals surface area contributed by atoms with Crippen LogP contribution in [0.4, 0.5) is 5.69 Å². The third kappa shape index (κ3) is 5.21. The molecule has 1 aromatic carbocycles. The van der Waals surface area contributed by atoms with Gasteiger partial charge in [-0.2, -0.15) is 9.83 Å². The molecule has 8 nitrogen and oxygen atoms in total. The van der Waals surface area contributed by atoms with Gasteiger partial charge in [0.1, 0.15) is 6.04 Å². The molecular formula is C27H33N5O3. The molecule has 0 saturated heterocycles. The average molecular weight is 476 g/mol. The van der Waals surface area contributed by atoms with Gasteiger partial charge in [0.2, 0.25) is 5.91 Å². The summed E-state index contributed by atoms with van der Waals surface area (Å²) in [5, 5.41) is 22.2. The number of hydrogen-bond donors (Lipinski definition) is 2. The molecule has 1 fully saturated rings. The van der Waals surface area contributed by atoms with Gasteiger partial charge in [-0.3, -0.25) is 14.3 Å². The van der Waals surface area contributed by atoms with Crippen LogP contribution >= 0.6 is 0 Å². The largest absolute Gasteiger partial charge is 0.618 e. The Morgan fingerprint density at radius 1 is 1.09 bits per heavy atom. The second-order valence-corrected chi connectivity index (χ2v) is 9.47. The van der Waals surface area contributed by atoms with Crippen LogP contribution in [0.15, 0.2) is 42.7 Å². The molecule has 2 amide bonds. The van der Waals surface area contributed by atoms with Gasteiger partial charge in [-0.1, -0.05) is 31.4 Å². The Morgan fingerprint density at radius 3 is 2.40 bits per heavy atom. The first-order chi connectivity index (χ1) is 16.8. The molecule has 0 radical (unpaired) electrons. The molecule has 0 bridgehead atoms. The van der Waals surface area contributed by atoms with Crippen molar-refractivity contribution in [3.05, 3.63) is 70.4 Å². The van der Waals surface area contributed by atoms with Crippen molar-refractivity contribution in [2.75, 3.05) is 5.32 Å². The molecule has 2 N–H and O–H groups in total. The van der Waals surface area contributed by atoms with E-state index in [0.29, 0.717) is 16.9 Å². The Hall–Kier alpha value is -3.68. The Morgan fingerprint density at radius 2 is 1.77 bits per heavy atom. The van der Waals surface area contributed by atoms with Crippen molar-refractivity contribution in [1.29, 1.82) is 0 Å². The van der Waals surface area contributed by atoms with Gasteiger partial charge in [0, 0.05) is 31.4 Å². The average Bonchev–Trinajstić information content (AvgIpc) is 3.19. The van der Waals surface area contributed by atoms with Gasteiger partial charge in [-0.25, -0.2) is 0 Å². The molecule has 184 valence electrons. The second kappa shape index (κ2) is 10.3. The smallest absolute Gasteiger partial charge is 0.255 e. The number of pyridine rings is 1. The van der Waals surface area contributed by atoms with Gasteiger partial charge in [0.25, 0.3) is 5.91 Å². The van der Waals surface area contributed by atoms with Crippen molar-refractivity contribution >= 4 is 17.5 Å². The number of carbonyl (C=O) groups excluding carboxylic acids is 2. The molecule has 2 aromatic heterocycles. The van der Waals surface area contributed by atoms with Gasteiger partial charge in [-0.05, 0) is 55.9 Å². The number of amides is 2. The van der Waals surface area contributed by atoms with Crippen molar-refractivity contribution in [1.82, 2.24) is 15.1 Å². The maximum absolute atomic E-state index is 13.4. The van der Waals surface area contributed by atoms with Crippen LogP contribution < -0.4 is 15.4 Å². The SMILES string of the molecule is Cc1cc[n+]([O-])c(C)c1-c1ccc(NC(=O)[C@H](NC(=O)c2cnn(C)c2C)C2CCCCC2)cc1. The zero-order valence-electron chi connectivity index (χ0n) is 20.8. The van der Waals surface area contributed by atoms with E-state index in [4.69, 9.17) is 0 Å². The van der Waals surface area contributed by atoms with Crippen LogP contribution in [-0.2, 0) is 11.8 Å². The maximum Gasteiger partial charge on any atom is 0.255 e. The molecular weight excluding hydrogens is 442 g/mol. The summed E-state index contributed by atoms with van der Waals surface area (Å²) in [6.45, 7) is 5.61. The lowest BCUT2D eigenvalue weighted by Gasteiger charge is -2.30. The minimum absolute atomic E-state index is 0.0890. The number of nitrogens with zero attached hydrogens (tertiary/aromatic N) is 3. The number of aromatic nitrogens is 3. The van der Waals surface area contributed by atoms with E-state index >= 15 is 0 Å². The van der Waals surface area contributed by atoms with Gasteiger partial charge in [-0.15, -0.1) is 0 Å². The van der Waals surface area contributed by atoms with Crippen LogP contribution in [0.5, 0.6) is 0 Å². The van der Waals surface area contributed by atoms with E-state index in [0.717, 1.165) is 59.2 Å². The maximum atomic E-state index is 13.4. The molecule has 8 heteroatoms. The first kappa shape index (κ1) is 24.4. The van der Waals surface area contributed by atoms with Crippen LogP contribution in [0.2, 0.25) is 0 Å². The van der Waals surface area contributed by atoms with Crippen LogP contribution in [-0.4, -0.2) is 27.6 Å². The molecule has 1 saturated carbocycles. The van der Waals surface area contributed by atoms with E-state index in [1.807, 2.05) is 38.1 Å². The molecule has 35 heavy (non-hydrogen) atoms. The summed E-state index contributed by atoms with van der Waals surface area (Å²) in [5.74, 6) is -0.410. The zero-order valence-corrected chi connectivity index (χ0v) is 20.8. The Balaban J connectivity index is 1.53. The number of carbonyl (C=O) groups is 2. The molecule has 0 aliphatic heterocycles. The lowest BCUT2D eigenvalue weighted by atomic mass is 9.83. The highest BCUT2D eigenvalue weighted by Gasteiger charge is 2.32.